The summed E-state index contributed by atoms with van der Waals surface area (Å²) >= 11 is 0. The maximum atomic E-state index is 10.4. The highest BCUT2D eigenvalue weighted by Gasteiger charge is 2.46. The summed E-state index contributed by atoms with van der Waals surface area (Å²) < 4.78 is 10.6. The van der Waals surface area contributed by atoms with Crippen LogP contribution in [0.4, 0.5) is 0 Å². The van der Waals surface area contributed by atoms with Crippen molar-refractivity contribution in [1.29, 1.82) is 0 Å². The van der Waals surface area contributed by atoms with Gasteiger partial charge in [-0.05, 0) is 18.8 Å². The molecule has 0 bridgehead atoms. The topological polar surface area (TPSA) is 38.7 Å². The molecule has 3 heteroatoms. The van der Waals surface area contributed by atoms with Crippen molar-refractivity contribution in [3.05, 3.63) is 0 Å². The molecule has 2 unspecified atom stereocenters. The van der Waals surface area contributed by atoms with Gasteiger partial charge in [-0.15, -0.1) is 0 Å². The van der Waals surface area contributed by atoms with Crippen LogP contribution in [-0.2, 0) is 9.47 Å². The monoisotopic (exact) mass is 186 g/mol. The Morgan fingerprint density at radius 3 is 2.46 bits per heavy atom. The first-order chi connectivity index (χ1) is 6.23. The standard InChI is InChI=1S/C10H18O3/c1-8-6-13-7-10(8,11)9-2-4-12-5-3-9/h8-9,11H,2-7H2,1H3. The second kappa shape index (κ2) is 3.56. The van der Waals surface area contributed by atoms with Gasteiger partial charge in [0, 0.05) is 19.1 Å². The Morgan fingerprint density at radius 1 is 1.23 bits per heavy atom. The van der Waals surface area contributed by atoms with Crippen LogP contribution in [0.2, 0.25) is 0 Å². The number of rotatable bonds is 1. The quantitative estimate of drug-likeness (QED) is 0.658. The van der Waals surface area contributed by atoms with E-state index in [2.05, 4.69) is 6.92 Å². The summed E-state index contributed by atoms with van der Waals surface area (Å²) in [5, 5.41) is 10.4. The lowest BCUT2D eigenvalue weighted by Gasteiger charge is -2.37. The van der Waals surface area contributed by atoms with Gasteiger partial charge in [0.1, 0.15) is 0 Å². The van der Waals surface area contributed by atoms with Crippen LogP contribution in [0.25, 0.3) is 0 Å². The van der Waals surface area contributed by atoms with Crippen molar-refractivity contribution in [2.45, 2.75) is 25.4 Å². The third-order valence-corrected chi connectivity index (χ3v) is 3.48. The molecule has 0 aromatic rings. The van der Waals surface area contributed by atoms with E-state index in [4.69, 9.17) is 9.47 Å². The van der Waals surface area contributed by atoms with Gasteiger partial charge in [-0.25, -0.2) is 0 Å². The molecule has 0 saturated carbocycles. The van der Waals surface area contributed by atoms with Gasteiger partial charge in [0.25, 0.3) is 0 Å². The molecule has 2 aliphatic rings. The van der Waals surface area contributed by atoms with Crippen molar-refractivity contribution in [3.63, 3.8) is 0 Å². The van der Waals surface area contributed by atoms with Crippen molar-refractivity contribution in [2.24, 2.45) is 11.8 Å². The van der Waals surface area contributed by atoms with E-state index in [0.29, 0.717) is 19.1 Å². The first-order valence-electron chi connectivity index (χ1n) is 5.11. The van der Waals surface area contributed by atoms with Crippen molar-refractivity contribution in [1.82, 2.24) is 0 Å². The Balaban J connectivity index is 2.03. The molecule has 2 rings (SSSR count). The lowest BCUT2D eigenvalue weighted by molar-refractivity contribution is -0.0847. The predicted molar refractivity (Wildman–Crippen MR) is 48.5 cm³/mol. The van der Waals surface area contributed by atoms with Gasteiger partial charge >= 0.3 is 0 Å². The van der Waals surface area contributed by atoms with E-state index >= 15 is 0 Å². The summed E-state index contributed by atoms with van der Waals surface area (Å²) in [5.74, 6) is 0.648. The highest BCUT2D eigenvalue weighted by molar-refractivity contribution is 4.95. The van der Waals surface area contributed by atoms with Gasteiger partial charge in [-0.1, -0.05) is 6.92 Å². The lowest BCUT2D eigenvalue weighted by atomic mass is 9.76. The minimum Gasteiger partial charge on any atom is -0.387 e. The second-order valence-electron chi connectivity index (χ2n) is 4.29. The number of aliphatic hydroxyl groups is 1. The summed E-state index contributed by atoms with van der Waals surface area (Å²) in [4.78, 5) is 0. The molecule has 0 spiro atoms. The number of hydrogen-bond donors (Lipinski definition) is 1. The molecule has 0 aromatic carbocycles. The van der Waals surface area contributed by atoms with Crippen molar-refractivity contribution < 1.29 is 14.6 Å². The predicted octanol–water partition coefficient (Wildman–Crippen LogP) is 0.810. The van der Waals surface area contributed by atoms with E-state index in [-0.39, 0.29) is 5.92 Å². The highest BCUT2D eigenvalue weighted by Crippen LogP contribution is 2.37. The van der Waals surface area contributed by atoms with Gasteiger partial charge in [-0.3, -0.25) is 0 Å². The van der Waals surface area contributed by atoms with Crippen LogP contribution in [0, 0.1) is 11.8 Å². The molecule has 3 nitrogen and oxygen atoms in total. The van der Waals surface area contributed by atoms with E-state index < -0.39 is 5.60 Å². The fourth-order valence-electron chi connectivity index (χ4n) is 2.40. The van der Waals surface area contributed by atoms with Crippen molar-refractivity contribution in [2.75, 3.05) is 26.4 Å². The molecule has 0 radical (unpaired) electrons. The molecule has 2 atom stereocenters. The zero-order chi connectivity index (χ0) is 9.31. The molecule has 0 aromatic heterocycles. The zero-order valence-corrected chi connectivity index (χ0v) is 8.16. The van der Waals surface area contributed by atoms with E-state index in [9.17, 15) is 5.11 Å². The van der Waals surface area contributed by atoms with Crippen LogP contribution in [-0.4, -0.2) is 37.1 Å². The van der Waals surface area contributed by atoms with E-state index in [0.717, 1.165) is 26.1 Å². The van der Waals surface area contributed by atoms with Gasteiger partial charge in [0.2, 0.25) is 0 Å². The SMILES string of the molecule is CC1COCC1(O)C1CCOCC1. The van der Waals surface area contributed by atoms with Crippen LogP contribution in [0.15, 0.2) is 0 Å². The number of hydrogen-bond acceptors (Lipinski definition) is 3. The minimum absolute atomic E-state index is 0.274. The molecular weight excluding hydrogens is 168 g/mol. The Bertz CT molecular complexity index is 177. The molecule has 2 heterocycles. The van der Waals surface area contributed by atoms with Crippen LogP contribution in [0.5, 0.6) is 0 Å². The molecule has 1 N–H and O–H groups in total. The highest BCUT2D eigenvalue weighted by atomic mass is 16.5. The average Bonchev–Trinajstić information content (AvgIpc) is 2.50. The third kappa shape index (κ3) is 1.60. The molecule has 2 aliphatic heterocycles. The van der Waals surface area contributed by atoms with Crippen molar-refractivity contribution >= 4 is 0 Å². The summed E-state index contributed by atoms with van der Waals surface area (Å²) in [6, 6.07) is 0. The summed E-state index contributed by atoms with van der Waals surface area (Å²) in [6.07, 6.45) is 1.95. The fraction of sp³-hybridized carbons (Fsp3) is 1.00. The molecule has 76 valence electrons. The molecule has 2 saturated heterocycles. The van der Waals surface area contributed by atoms with E-state index in [1.54, 1.807) is 0 Å². The van der Waals surface area contributed by atoms with E-state index in [1.807, 2.05) is 0 Å². The average molecular weight is 186 g/mol. The molecule has 2 fully saturated rings. The molecular formula is C10H18O3. The number of ether oxygens (including phenoxy) is 2. The normalized spacial score (nSPS) is 42.5. The summed E-state index contributed by atoms with van der Waals surface area (Å²) in [5.41, 5.74) is -0.580. The second-order valence-corrected chi connectivity index (χ2v) is 4.29. The minimum atomic E-state index is -0.580. The molecule has 0 amide bonds. The largest absolute Gasteiger partial charge is 0.387 e. The smallest absolute Gasteiger partial charge is 0.0956 e. The molecule has 0 aliphatic carbocycles. The Kier molecular flexibility index (Phi) is 2.58. The summed E-state index contributed by atoms with van der Waals surface area (Å²) in [7, 11) is 0. The Labute approximate surface area is 79.0 Å². The fourth-order valence-corrected chi connectivity index (χ4v) is 2.40. The summed E-state index contributed by atoms with van der Waals surface area (Å²) in [6.45, 7) is 4.87. The molecule has 13 heavy (non-hydrogen) atoms. The third-order valence-electron chi connectivity index (χ3n) is 3.48. The Morgan fingerprint density at radius 2 is 1.92 bits per heavy atom. The first kappa shape index (κ1) is 9.44. The van der Waals surface area contributed by atoms with Crippen molar-refractivity contribution in [3.8, 4) is 0 Å². The maximum absolute atomic E-state index is 10.4. The maximum Gasteiger partial charge on any atom is 0.0956 e. The van der Waals surface area contributed by atoms with Gasteiger partial charge in [0.15, 0.2) is 0 Å². The van der Waals surface area contributed by atoms with Gasteiger partial charge in [0.05, 0.1) is 18.8 Å². The van der Waals surface area contributed by atoms with Crippen LogP contribution in [0.1, 0.15) is 19.8 Å². The first-order valence-corrected chi connectivity index (χ1v) is 5.11. The van der Waals surface area contributed by atoms with Gasteiger partial charge < -0.3 is 14.6 Å². The van der Waals surface area contributed by atoms with Crippen LogP contribution >= 0.6 is 0 Å². The zero-order valence-electron chi connectivity index (χ0n) is 8.16. The lowest BCUT2D eigenvalue weighted by Crippen LogP contribution is -2.46. The van der Waals surface area contributed by atoms with Crippen LogP contribution in [0.3, 0.4) is 0 Å². The Hall–Kier alpha value is -0.120. The van der Waals surface area contributed by atoms with Crippen LogP contribution < -0.4 is 0 Å². The van der Waals surface area contributed by atoms with E-state index in [1.165, 1.54) is 0 Å². The van der Waals surface area contributed by atoms with Gasteiger partial charge in [-0.2, -0.15) is 0 Å².